The van der Waals surface area contributed by atoms with Gasteiger partial charge in [-0.15, -0.1) is 0 Å². The molecule has 0 spiro atoms. The number of aromatic hydroxyl groups is 1. The second kappa shape index (κ2) is 6.59. The summed E-state index contributed by atoms with van der Waals surface area (Å²) >= 11 is 0. The summed E-state index contributed by atoms with van der Waals surface area (Å²) in [6, 6.07) is 14.7. The highest BCUT2D eigenvalue weighted by Gasteiger charge is 1.96. The molecule has 0 bridgehead atoms. The van der Waals surface area contributed by atoms with E-state index < -0.39 is 0 Å². The number of hydrogen-bond donors (Lipinski definition) is 1. The van der Waals surface area contributed by atoms with Crippen LogP contribution in [0.3, 0.4) is 0 Å². The molecule has 0 heterocycles. The van der Waals surface area contributed by atoms with Gasteiger partial charge in [0.2, 0.25) is 0 Å². The van der Waals surface area contributed by atoms with E-state index in [1.807, 2.05) is 36.4 Å². The molecule has 2 aromatic carbocycles. The quantitative estimate of drug-likeness (QED) is 0.822. The number of benzene rings is 2. The van der Waals surface area contributed by atoms with E-state index in [1.165, 1.54) is 0 Å². The van der Waals surface area contributed by atoms with Gasteiger partial charge in [-0.3, -0.25) is 4.99 Å². The predicted molar refractivity (Wildman–Crippen MR) is 77.6 cm³/mol. The van der Waals surface area contributed by atoms with Crippen molar-refractivity contribution in [1.82, 2.24) is 0 Å². The minimum absolute atomic E-state index is 0.231. The zero-order valence-corrected chi connectivity index (χ0v) is 10.9. The van der Waals surface area contributed by atoms with Gasteiger partial charge in [-0.2, -0.15) is 0 Å². The molecule has 0 radical (unpaired) electrons. The highest BCUT2D eigenvalue weighted by molar-refractivity contribution is 5.85. The van der Waals surface area contributed by atoms with E-state index in [0.29, 0.717) is 5.56 Å². The first-order chi connectivity index (χ1) is 9.29. The summed E-state index contributed by atoms with van der Waals surface area (Å²) in [5.41, 5.74) is 1.53. The van der Waals surface area contributed by atoms with Crippen LogP contribution >= 0.6 is 0 Å². The fraction of sp³-hybridized carbons (Fsp3) is 0.188. The van der Waals surface area contributed by atoms with Crippen molar-refractivity contribution in [3.05, 3.63) is 54.1 Å². The van der Waals surface area contributed by atoms with Crippen molar-refractivity contribution in [3.8, 4) is 11.5 Å². The van der Waals surface area contributed by atoms with Gasteiger partial charge in [0.05, 0.1) is 12.3 Å². The largest absolute Gasteiger partial charge is 0.507 e. The van der Waals surface area contributed by atoms with Crippen LogP contribution in [0, 0.1) is 0 Å². The summed E-state index contributed by atoms with van der Waals surface area (Å²) in [6.07, 6.45) is 2.64. The summed E-state index contributed by atoms with van der Waals surface area (Å²) < 4.78 is 5.50. The van der Waals surface area contributed by atoms with Gasteiger partial charge in [0.25, 0.3) is 0 Å². The average molecular weight is 255 g/mol. The fourth-order valence-electron chi connectivity index (χ4n) is 1.59. The molecule has 0 fully saturated rings. The number of phenols is 1. The van der Waals surface area contributed by atoms with E-state index in [4.69, 9.17) is 4.74 Å². The molecule has 0 aromatic heterocycles. The van der Waals surface area contributed by atoms with Crippen molar-refractivity contribution in [2.24, 2.45) is 4.99 Å². The molecule has 3 nitrogen and oxygen atoms in total. The maximum Gasteiger partial charge on any atom is 0.124 e. The Labute approximate surface area is 113 Å². The number of para-hydroxylation sites is 1. The van der Waals surface area contributed by atoms with Gasteiger partial charge in [0.15, 0.2) is 0 Å². The molecular weight excluding hydrogens is 238 g/mol. The molecule has 0 amide bonds. The zero-order chi connectivity index (χ0) is 13.5. The van der Waals surface area contributed by atoms with Crippen molar-refractivity contribution in [2.45, 2.75) is 13.3 Å². The third kappa shape index (κ3) is 3.85. The van der Waals surface area contributed by atoms with Crippen molar-refractivity contribution >= 4 is 11.9 Å². The van der Waals surface area contributed by atoms with Gasteiger partial charge in [-0.05, 0) is 42.8 Å². The predicted octanol–water partition coefficient (Wildman–Crippen LogP) is 3.93. The van der Waals surface area contributed by atoms with Gasteiger partial charge >= 0.3 is 0 Å². The lowest BCUT2D eigenvalue weighted by molar-refractivity contribution is 0.317. The normalized spacial score (nSPS) is 10.8. The second-order valence-corrected chi connectivity index (χ2v) is 4.16. The monoisotopic (exact) mass is 255 g/mol. The third-order valence-corrected chi connectivity index (χ3v) is 2.60. The van der Waals surface area contributed by atoms with Crippen LogP contribution in [0.25, 0.3) is 0 Å². The summed E-state index contributed by atoms with van der Waals surface area (Å²) in [7, 11) is 0. The van der Waals surface area contributed by atoms with Crippen molar-refractivity contribution < 1.29 is 9.84 Å². The molecule has 0 aliphatic rings. The van der Waals surface area contributed by atoms with Crippen LogP contribution < -0.4 is 4.74 Å². The maximum absolute atomic E-state index is 9.62. The SMILES string of the molecule is CCCOc1ccc(N=Cc2ccccc2O)cc1. The van der Waals surface area contributed by atoms with Gasteiger partial charge in [0, 0.05) is 11.8 Å². The van der Waals surface area contributed by atoms with Crippen LogP contribution in [0.4, 0.5) is 5.69 Å². The molecule has 19 heavy (non-hydrogen) atoms. The molecular formula is C16H17NO2. The summed E-state index contributed by atoms with van der Waals surface area (Å²) in [4.78, 5) is 4.32. The van der Waals surface area contributed by atoms with Gasteiger partial charge < -0.3 is 9.84 Å². The van der Waals surface area contributed by atoms with Crippen LogP contribution in [-0.4, -0.2) is 17.9 Å². The first-order valence-corrected chi connectivity index (χ1v) is 6.34. The Morgan fingerprint density at radius 1 is 1.11 bits per heavy atom. The molecule has 3 heteroatoms. The Balaban J connectivity index is 2.05. The van der Waals surface area contributed by atoms with Crippen LogP contribution in [0.5, 0.6) is 11.5 Å². The minimum atomic E-state index is 0.231. The van der Waals surface area contributed by atoms with Gasteiger partial charge in [-0.1, -0.05) is 19.1 Å². The fourth-order valence-corrected chi connectivity index (χ4v) is 1.59. The number of phenolic OH excluding ortho intramolecular Hbond substituents is 1. The molecule has 2 aromatic rings. The van der Waals surface area contributed by atoms with E-state index in [1.54, 1.807) is 18.3 Å². The Morgan fingerprint density at radius 2 is 1.84 bits per heavy atom. The molecule has 0 aliphatic heterocycles. The Kier molecular flexibility index (Phi) is 4.56. The highest BCUT2D eigenvalue weighted by atomic mass is 16.5. The van der Waals surface area contributed by atoms with E-state index in [-0.39, 0.29) is 5.75 Å². The average Bonchev–Trinajstić information content (AvgIpc) is 2.45. The smallest absolute Gasteiger partial charge is 0.124 e. The molecule has 0 aliphatic carbocycles. The van der Waals surface area contributed by atoms with E-state index in [9.17, 15) is 5.11 Å². The lowest BCUT2D eigenvalue weighted by Gasteiger charge is -2.03. The molecule has 0 saturated carbocycles. The molecule has 0 atom stereocenters. The third-order valence-electron chi connectivity index (χ3n) is 2.60. The number of ether oxygens (including phenoxy) is 1. The van der Waals surface area contributed by atoms with Gasteiger partial charge in [-0.25, -0.2) is 0 Å². The lowest BCUT2D eigenvalue weighted by atomic mass is 10.2. The van der Waals surface area contributed by atoms with Crippen LogP contribution in [-0.2, 0) is 0 Å². The standard InChI is InChI=1S/C16H17NO2/c1-2-11-19-15-9-7-14(8-10-15)17-12-13-5-3-4-6-16(13)18/h3-10,12,18H,2,11H2,1H3. The van der Waals surface area contributed by atoms with Crippen molar-refractivity contribution in [1.29, 1.82) is 0 Å². The lowest BCUT2D eigenvalue weighted by Crippen LogP contribution is -1.93. The van der Waals surface area contributed by atoms with Gasteiger partial charge in [0.1, 0.15) is 11.5 Å². The maximum atomic E-state index is 9.62. The number of nitrogens with zero attached hydrogens (tertiary/aromatic N) is 1. The first kappa shape index (κ1) is 13.1. The number of rotatable bonds is 5. The Hall–Kier alpha value is -2.29. The van der Waals surface area contributed by atoms with Crippen LogP contribution in [0.15, 0.2) is 53.5 Å². The minimum Gasteiger partial charge on any atom is -0.507 e. The van der Waals surface area contributed by atoms with Crippen LogP contribution in [0.1, 0.15) is 18.9 Å². The molecule has 0 unspecified atom stereocenters. The summed E-state index contributed by atoms with van der Waals surface area (Å²) in [5.74, 6) is 1.08. The molecule has 98 valence electrons. The summed E-state index contributed by atoms with van der Waals surface area (Å²) in [5, 5.41) is 9.62. The molecule has 1 N–H and O–H groups in total. The number of hydrogen-bond acceptors (Lipinski definition) is 3. The van der Waals surface area contributed by atoms with E-state index >= 15 is 0 Å². The molecule has 0 saturated heterocycles. The number of aliphatic imine (C=N–C) groups is 1. The zero-order valence-electron chi connectivity index (χ0n) is 10.9. The second-order valence-electron chi connectivity index (χ2n) is 4.16. The Bertz CT molecular complexity index is 547. The van der Waals surface area contributed by atoms with Crippen molar-refractivity contribution in [3.63, 3.8) is 0 Å². The Morgan fingerprint density at radius 3 is 2.53 bits per heavy atom. The summed E-state index contributed by atoms with van der Waals surface area (Å²) in [6.45, 7) is 2.80. The van der Waals surface area contributed by atoms with E-state index in [2.05, 4.69) is 11.9 Å². The topological polar surface area (TPSA) is 41.8 Å². The highest BCUT2D eigenvalue weighted by Crippen LogP contribution is 2.19. The first-order valence-electron chi connectivity index (χ1n) is 6.34. The van der Waals surface area contributed by atoms with Crippen LogP contribution in [0.2, 0.25) is 0 Å². The van der Waals surface area contributed by atoms with E-state index in [0.717, 1.165) is 24.5 Å². The molecule has 2 rings (SSSR count). The van der Waals surface area contributed by atoms with Crippen molar-refractivity contribution in [2.75, 3.05) is 6.61 Å².